The number of anilines is 1. The van der Waals surface area contributed by atoms with Crippen LogP contribution in [0.1, 0.15) is 15.9 Å². The second-order valence-electron chi connectivity index (χ2n) is 3.08. The van der Waals surface area contributed by atoms with E-state index in [2.05, 4.69) is 10.3 Å². The lowest BCUT2D eigenvalue weighted by Crippen LogP contribution is -2.12. The number of carbonyl (C=O) groups is 1. The first-order chi connectivity index (χ1) is 8.22. The van der Waals surface area contributed by atoms with E-state index in [9.17, 15) is 4.79 Å². The molecule has 0 aliphatic heterocycles. The van der Waals surface area contributed by atoms with E-state index in [4.69, 9.17) is 16.9 Å². The lowest BCUT2D eigenvalue weighted by atomic mass is 10.2. The monoisotopic (exact) mass is 263 g/mol. The third-order valence-electron chi connectivity index (χ3n) is 2.03. The first-order valence-corrected chi connectivity index (χ1v) is 5.86. The van der Waals surface area contributed by atoms with Crippen molar-refractivity contribution < 1.29 is 4.79 Å². The predicted molar refractivity (Wildman–Crippen MR) is 66.2 cm³/mol. The molecule has 0 spiro atoms. The molecule has 6 heteroatoms. The molecule has 1 amide bonds. The SMILES string of the molecule is N#Cc1ccsc1NC(=O)c1ccncc1Cl. The molecule has 4 nitrogen and oxygen atoms in total. The number of aromatic nitrogens is 1. The Kier molecular flexibility index (Phi) is 3.38. The van der Waals surface area contributed by atoms with Crippen LogP contribution in [0.5, 0.6) is 0 Å². The Morgan fingerprint density at radius 2 is 2.35 bits per heavy atom. The smallest absolute Gasteiger partial charge is 0.257 e. The summed E-state index contributed by atoms with van der Waals surface area (Å²) in [6.07, 6.45) is 2.89. The minimum atomic E-state index is -0.351. The minimum Gasteiger partial charge on any atom is -0.312 e. The summed E-state index contributed by atoms with van der Waals surface area (Å²) in [7, 11) is 0. The van der Waals surface area contributed by atoms with Crippen molar-refractivity contribution in [3.63, 3.8) is 0 Å². The summed E-state index contributed by atoms with van der Waals surface area (Å²) in [5.74, 6) is -0.351. The molecule has 0 aliphatic rings. The average molecular weight is 264 g/mol. The van der Waals surface area contributed by atoms with E-state index in [0.717, 1.165) is 0 Å². The molecule has 2 heterocycles. The first kappa shape index (κ1) is 11.6. The molecular formula is C11H6ClN3OS. The average Bonchev–Trinajstić information content (AvgIpc) is 2.76. The van der Waals surface area contributed by atoms with E-state index in [1.165, 1.54) is 29.8 Å². The maximum absolute atomic E-state index is 11.9. The molecule has 0 aliphatic carbocycles. The van der Waals surface area contributed by atoms with Crippen LogP contribution in [0, 0.1) is 11.3 Å². The van der Waals surface area contributed by atoms with Crippen LogP contribution in [0.3, 0.4) is 0 Å². The van der Waals surface area contributed by atoms with Crippen molar-refractivity contribution in [3.8, 4) is 6.07 Å². The van der Waals surface area contributed by atoms with Gasteiger partial charge in [-0.25, -0.2) is 0 Å². The highest BCUT2D eigenvalue weighted by Crippen LogP contribution is 2.24. The van der Waals surface area contributed by atoms with Gasteiger partial charge in [-0.15, -0.1) is 11.3 Å². The summed E-state index contributed by atoms with van der Waals surface area (Å²) in [5.41, 5.74) is 0.771. The van der Waals surface area contributed by atoms with E-state index in [0.29, 0.717) is 16.1 Å². The predicted octanol–water partition coefficient (Wildman–Crippen LogP) is 2.92. The van der Waals surface area contributed by atoms with Crippen molar-refractivity contribution in [2.45, 2.75) is 0 Å². The zero-order valence-corrected chi connectivity index (χ0v) is 10.0. The van der Waals surface area contributed by atoms with Gasteiger partial charge in [-0.05, 0) is 17.5 Å². The molecule has 0 aromatic carbocycles. The quantitative estimate of drug-likeness (QED) is 0.906. The lowest BCUT2D eigenvalue weighted by molar-refractivity contribution is 0.102. The Hall–Kier alpha value is -1.90. The second-order valence-corrected chi connectivity index (χ2v) is 4.41. The van der Waals surface area contributed by atoms with Gasteiger partial charge in [-0.2, -0.15) is 5.26 Å². The van der Waals surface area contributed by atoms with Crippen molar-refractivity contribution in [3.05, 3.63) is 46.1 Å². The van der Waals surface area contributed by atoms with Crippen molar-refractivity contribution in [1.29, 1.82) is 5.26 Å². The van der Waals surface area contributed by atoms with Crippen LogP contribution < -0.4 is 5.32 Å². The number of pyridine rings is 1. The Balaban J connectivity index is 2.24. The van der Waals surface area contributed by atoms with Gasteiger partial charge in [0.05, 0.1) is 16.1 Å². The number of halogens is 1. The summed E-state index contributed by atoms with van der Waals surface area (Å²) >= 11 is 7.14. The van der Waals surface area contributed by atoms with Gasteiger partial charge in [0.15, 0.2) is 0 Å². The van der Waals surface area contributed by atoms with Gasteiger partial charge in [-0.3, -0.25) is 9.78 Å². The zero-order chi connectivity index (χ0) is 12.3. The number of thiophene rings is 1. The molecule has 0 saturated carbocycles. The van der Waals surface area contributed by atoms with Gasteiger partial charge in [0.2, 0.25) is 0 Å². The maximum Gasteiger partial charge on any atom is 0.257 e. The number of hydrogen-bond donors (Lipinski definition) is 1. The third-order valence-corrected chi connectivity index (χ3v) is 3.16. The fourth-order valence-corrected chi connectivity index (χ4v) is 2.16. The summed E-state index contributed by atoms with van der Waals surface area (Å²) in [6.45, 7) is 0. The van der Waals surface area contributed by atoms with Crippen LogP contribution in [0.25, 0.3) is 0 Å². The highest BCUT2D eigenvalue weighted by Gasteiger charge is 2.12. The molecule has 0 atom stereocenters. The van der Waals surface area contributed by atoms with Crippen molar-refractivity contribution in [1.82, 2.24) is 4.98 Å². The molecule has 0 unspecified atom stereocenters. The van der Waals surface area contributed by atoms with Gasteiger partial charge in [0, 0.05) is 12.4 Å². The number of nitrogens with zero attached hydrogens (tertiary/aromatic N) is 2. The molecule has 0 fully saturated rings. The van der Waals surface area contributed by atoms with Crippen LogP contribution in [0.2, 0.25) is 5.02 Å². The molecule has 0 saturated heterocycles. The molecule has 1 N–H and O–H groups in total. The Bertz CT molecular complexity index is 603. The van der Waals surface area contributed by atoms with Gasteiger partial charge < -0.3 is 5.32 Å². The number of nitrogens with one attached hydrogen (secondary N) is 1. The van der Waals surface area contributed by atoms with E-state index in [1.807, 2.05) is 6.07 Å². The van der Waals surface area contributed by atoms with Crippen LogP contribution >= 0.6 is 22.9 Å². The Morgan fingerprint density at radius 3 is 3.06 bits per heavy atom. The second kappa shape index (κ2) is 4.95. The van der Waals surface area contributed by atoms with Gasteiger partial charge in [0.25, 0.3) is 5.91 Å². The highest BCUT2D eigenvalue weighted by atomic mass is 35.5. The van der Waals surface area contributed by atoms with Crippen molar-refractivity contribution >= 4 is 33.8 Å². The van der Waals surface area contributed by atoms with Gasteiger partial charge in [0.1, 0.15) is 11.1 Å². The zero-order valence-electron chi connectivity index (χ0n) is 8.48. The molecule has 84 valence electrons. The number of hydrogen-bond acceptors (Lipinski definition) is 4. The molecule has 2 aromatic rings. The molecule has 2 aromatic heterocycles. The number of nitriles is 1. The largest absolute Gasteiger partial charge is 0.312 e. The highest BCUT2D eigenvalue weighted by molar-refractivity contribution is 7.14. The molecular weight excluding hydrogens is 258 g/mol. The number of amides is 1. The van der Waals surface area contributed by atoms with Gasteiger partial charge in [-0.1, -0.05) is 11.6 Å². The molecule has 2 rings (SSSR count). The van der Waals surface area contributed by atoms with E-state index >= 15 is 0 Å². The van der Waals surface area contributed by atoms with Gasteiger partial charge >= 0.3 is 0 Å². The number of carbonyl (C=O) groups excluding carboxylic acids is 1. The topological polar surface area (TPSA) is 65.8 Å². The Labute approximate surface area is 106 Å². The standard InChI is InChI=1S/C11H6ClN3OS/c12-9-6-14-3-1-8(9)10(16)15-11-7(5-13)2-4-17-11/h1-4,6H,(H,15,16). The Morgan fingerprint density at radius 1 is 1.53 bits per heavy atom. The third kappa shape index (κ3) is 2.44. The lowest BCUT2D eigenvalue weighted by Gasteiger charge is -2.04. The fraction of sp³-hybridized carbons (Fsp3) is 0. The van der Waals surface area contributed by atoms with Crippen LogP contribution in [-0.2, 0) is 0 Å². The summed E-state index contributed by atoms with van der Waals surface area (Å²) in [4.78, 5) is 15.7. The normalized spacial score (nSPS) is 9.65. The summed E-state index contributed by atoms with van der Waals surface area (Å²) in [5, 5.41) is 14.0. The molecule has 0 bridgehead atoms. The van der Waals surface area contributed by atoms with E-state index in [1.54, 1.807) is 11.4 Å². The van der Waals surface area contributed by atoms with Crippen molar-refractivity contribution in [2.24, 2.45) is 0 Å². The first-order valence-electron chi connectivity index (χ1n) is 4.61. The van der Waals surface area contributed by atoms with Crippen LogP contribution in [0.4, 0.5) is 5.00 Å². The van der Waals surface area contributed by atoms with E-state index in [-0.39, 0.29) is 10.9 Å². The summed E-state index contributed by atoms with van der Waals surface area (Å²) < 4.78 is 0. The molecule has 17 heavy (non-hydrogen) atoms. The molecule has 0 radical (unpaired) electrons. The maximum atomic E-state index is 11.9. The van der Waals surface area contributed by atoms with Crippen LogP contribution in [0.15, 0.2) is 29.9 Å². The minimum absolute atomic E-state index is 0.278. The van der Waals surface area contributed by atoms with E-state index < -0.39 is 0 Å². The summed E-state index contributed by atoms with van der Waals surface area (Å²) in [6, 6.07) is 5.17. The van der Waals surface area contributed by atoms with Crippen LogP contribution in [-0.4, -0.2) is 10.9 Å². The fourth-order valence-electron chi connectivity index (χ4n) is 1.22. The number of rotatable bonds is 2. The van der Waals surface area contributed by atoms with Crippen molar-refractivity contribution in [2.75, 3.05) is 5.32 Å².